The van der Waals surface area contributed by atoms with Crippen LogP contribution in [-0.2, 0) is 21.2 Å². The molecule has 1 aromatic heterocycles. The van der Waals surface area contributed by atoms with E-state index in [0.29, 0.717) is 55.2 Å². The number of sulfonamides is 1. The van der Waals surface area contributed by atoms with Gasteiger partial charge >= 0.3 is 0 Å². The number of benzene rings is 2. The molecule has 1 N–H and O–H groups in total. The molecule has 4 rings (SSSR count). The third kappa shape index (κ3) is 4.90. The fraction of sp³-hybridized carbons (Fsp3) is 0.400. The van der Waals surface area contributed by atoms with Gasteiger partial charge in [-0.1, -0.05) is 36.3 Å². The van der Waals surface area contributed by atoms with Crippen molar-refractivity contribution in [3.05, 3.63) is 59.0 Å². The third-order valence-corrected chi connectivity index (χ3v) is 8.35. The van der Waals surface area contributed by atoms with Gasteiger partial charge in [-0.15, -0.1) is 0 Å². The molecule has 2 heterocycles. The van der Waals surface area contributed by atoms with E-state index in [1.165, 1.54) is 4.31 Å². The van der Waals surface area contributed by atoms with E-state index >= 15 is 0 Å². The average molecular weight is 483 g/mol. The number of carbonyl (C=O) groups is 1. The SMILES string of the molecule is CCc1nc(-c2ccc(C)c(S(=O)(=O)N3CCC(C(=O)Nc4cc(C)ccc4C)CC3)c2)no1. The molecule has 0 unspecified atom stereocenters. The predicted octanol–water partition coefficient (Wildman–Crippen LogP) is 4.26. The summed E-state index contributed by atoms with van der Waals surface area (Å²) in [4.78, 5) is 17.4. The van der Waals surface area contributed by atoms with Gasteiger partial charge in [0.15, 0.2) is 0 Å². The number of nitrogens with one attached hydrogen (secondary N) is 1. The summed E-state index contributed by atoms with van der Waals surface area (Å²) in [5.41, 5.74) is 4.13. The molecule has 34 heavy (non-hydrogen) atoms. The molecular weight excluding hydrogens is 452 g/mol. The smallest absolute Gasteiger partial charge is 0.243 e. The van der Waals surface area contributed by atoms with Crippen LogP contribution in [0.5, 0.6) is 0 Å². The first-order chi connectivity index (χ1) is 16.2. The van der Waals surface area contributed by atoms with Crippen LogP contribution in [-0.4, -0.2) is 41.9 Å². The minimum absolute atomic E-state index is 0.0623. The van der Waals surface area contributed by atoms with E-state index in [9.17, 15) is 13.2 Å². The zero-order chi connectivity index (χ0) is 24.5. The Bertz CT molecular complexity index is 1310. The molecule has 3 aromatic rings. The lowest BCUT2D eigenvalue weighted by atomic mass is 9.97. The van der Waals surface area contributed by atoms with Gasteiger partial charge < -0.3 is 9.84 Å². The number of piperidine rings is 1. The number of aryl methyl sites for hydroxylation is 4. The highest BCUT2D eigenvalue weighted by Gasteiger charge is 2.33. The van der Waals surface area contributed by atoms with Gasteiger partial charge in [-0.2, -0.15) is 9.29 Å². The van der Waals surface area contributed by atoms with Crippen molar-refractivity contribution in [2.24, 2.45) is 5.92 Å². The van der Waals surface area contributed by atoms with Gasteiger partial charge in [0.25, 0.3) is 0 Å². The summed E-state index contributed by atoms with van der Waals surface area (Å²) in [6.07, 6.45) is 1.55. The summed E-state index contributed by atoms with van der Waals surface area (Å²) >= 11 is 0. The zero-order valence-corrected chi connectivity index (χ0v) is 20.8. The molecule has 180 valence electrons. The molecule has 1 amide bonds. The number of nitrogens with zero attached hydrogens (tertiary/aromatic N) is 3. The van der Waals surface area contributed by atoms with Crippen molar-refractivity contribution in [3.8, 4) is 11.4 Å². The predicted molar refractivity (Wildman–Crippen MR) is 130 cm³/mol. The van der Waals surface area contributed by atoms with Crippen LogP contribution in [0.4, 0.5) is 5.69 Å². The summed E-state index contributed by atoms with van der Waals surface area (Å²) in [7, 11) is -3.73. The van der Waals surface area contributed by atoms with Crippen LogP contribution in [0.3, 0.4) is 0 Å². The maximum Gasteiger partial charge on any atom is 0.243 e. The molecule has 0 aliphatic carbocycles. The molecule has 0 bridgehead atoms. The lowest BCUT2D eigenvalue weighted by Gasteiger charge is -2.31. The highest BCUT2D eigenvalue weighted by atomic mass is 32.2. The van der Waals surface area contributed by atoms with E-state index in [1.807, 2.05) is 39.0 Å². The quantitative estimate of drug-likeness (QED) is 0.563. The van der Waals surface area contributed by atoms with Crippen LogP contribution < -0.4 is 5.32 Å². The van der Waals surface area contributed by atoms with Crippen LogP contribution in [0.25, 0.3) is 11.4 Å². The Morgan fingerprint density at radius 3 is 2.47 bits per heavy atom. The molecule has 1 fully saturated rings. The van der Waals surface area contributed by atoms with Crippen LogP contribution in [0.15, 0.2) is 45.8 Å². The van der Waals surface area contributed by atoms with E-state index < -0.39 is 10.0 Å². The van der Waals surface area contributed by atoms with Gasteiger partial charge in [0, 0.05) is 36.7 Å². The van der Waals surface area contributed by atoms with Crippen molar-refractivity contribution in [3.63, 3.8) is 0 Å². The van der Waals surface area contributed by atoms with Gasteiger partial charge in [-0.25, -0.2) is 8.42 Å². The first-order valence-electron chi connectivity index (χ1n) is 11.5. The Balaban J connectivity index is 1.47. The molecule has 1 aliphatic heterocycles. The number of rotatable bonds is 6. The average Bonchev–Trinajstić information content (AvgIpc) is 3.31. The Labute approximate surface area is 200 Å². The monoisotopic (exact) mass is 482 g/mol. The normalized spacial score (nSPS) is 15.4. The van der Waals surface area contributed by atoms with Crippen molar-refractivity contribution < 1.29 is 17.7 Å². The first kappa shape index (κ1) is 24.1. The second-order valence-corrected chi connectivity index (χ2v) is 10.7. The van der Waals surface area contributed by atoms with Crippen molar-refractivity contribution in [2.75, 3.05) is 18.4 Å². The topological polar surface area (TPSA) is 105 Å². The van der Waals surface area contributed by atoms with Crippen molar-refractivity contribution in [1.29, 1.82) is 0 Å². The first-order valence-corrected chi connectivity index (χ1v) is 12.9. The summed E-state index contributed by atoms with van der Waals surface area (Å²) in [6, 6.07) is 11.1. The van der Waals surface area contributed by atoms with Crippen LogP contribution in [0.2, 0.25) is 0 Å². The van der Waals surface area contributed by atoms with Crippen LogP contribution in [0, 0.1) is 26.7 Å². The minimum Gasteiger partial charge on any atom is -0.339 e. The van der Waals surface area contributed by atoms with Gasteiger partial charge in [0.05, 0.1) is 4.90 Å². The molecule has 1 aliphatic rings. The number of anilines is 1. The summed E-state index contributed by atoms with van der Waals surface area (Å²) in [5, 5.41) is 6.98. The molecule has 2 aromatic carbocycles. The fourth-order valence-corrected chi connectivity index (χ4v) is 5.86. The fourth-order valence-electron chi connectivity index (χ4n) is 4.14. The molecule has 0 saturated carbocycles. The van der Waals surface area contributed by atoms with Crippen molar-refractivity contribution in [2.45, 2.75) is 51.9 Å². The molecule has 1 saturated heterocycles. The minimum atomic E-state index is -3.73. The number of aromatic nitrogens is 2. The van der Waals surface area contributed by atoms with E-state index in [-0.39, 0.29) is 16.7 Å². The zero-order valence-electron chi connectivity index (χ0n) is 20.0. The standard InChI is InChI=1S/C25H30N4O4S/c1-5-23-27-24(28-33-23)20-9-8-18(4)22(15-20)34(31,32)29-12-10-19(11-13-29)25(30)26-21-14-16(2)6-7-17(21)3/h6-9,14-15,19H,5,10-13H2,1-4H3,(H,26,30). The van der Waals surface area contributed by atoms with Crippen LogP contribution >= 0.6 is 0 Å². The molecule has 8 nitrogen and oxygen atoms in total. The summed E-state index contributed by atoms with van der Waals surface area (Å²) < 4.78 is 33.6. The maximum atomic E-state index is 13.5. The molecule has 9 heteroatoms. The van der Waals surface area contributed by atoms with E-state index in [1.54, 1.807) is 25.1 Å². The molecule has 0 radical (unpaired) electrons. The lowest BCUT2D eigenvalue weighted by Crippen LogP contribution is -2.41. The number of carbonyl (C=O) groups excluding carboxylic acids is 1. The molecule has 0 spiro atoms. The summed E-state index contributed by atoms with van der Waals surface area (Å²) in [5.74, 6) is 0.578. The third-order valence-electron chi connectivity index (χ3n) is 6.31. The second-order valence-electron chi connectivity index (χ2n) is 8.83. The van der Waals surface area contributed by atoms with Crippen molar-refractivity contribution in [1.82, 2.24) is 14.4 Å². The molecule has 0 atom stereocenters. The second kappa shape index (κ2) is 9.68. The Morgan fingerprint density at radius 2 is 1.79 bits per heavy atom. The van der Waals surface area contributed by atoms with Gasteiger partial charge in [-0.3, -0.25) is 4.79 Å². The van der Waals surface area contributed by atoms with E-state index in [4.69, 9.17) is 4.52 Å². The highest BCUT2D eigenvalue weighted by molar-refractivity contribution is 7.89. The Morgan fingerprint density at radius 1 is 1.09 bits per heavy atom. The largest absolute Gasteiger partial charge is 0.339 e. The van der Waals surface area contributed by atoms with Gasteiger partial charge in [-0.05, 0) is 62.4 Å². The number of hydrogen-bond donors (Lipinski definition) is 1. The number of amides is 1. The van der Waals surface area contributed by atoms with E-state index in [0.717, 1.165) is 16.8 Å². The number of hydrogen-bond acceptors (Lipinski definition) is 6. The lowest BCUT2D eigenvalue weighted by molar-refractivity contribution is -0.120. The van der Waals surface area contributed by atoms with Gasteiger partial charge in [0.2, 0.25) is 27.6 Å². The Hall–Kier alpha value is -3.04. The Kier molecular flexibility index (Phi) is 6.86. The van der Waals surface area contributed by atoms with Gasteiger partial charge in [0.1, 0.15) is 0 Å². The molecular formula is C25H30N4O4S. The highest BCUT2D eigenvalue weighted by Crippen LogP contribution is 2.29. The summed E-state index contributed by atoms with van der Waals surface area (Å²) in [6.45, 7) is 8.20. The van der Waals surface area contributed by atoms with Crippen LogP contribution in [0.1, 0.15) is 42.3 Å². The maximum absolute atomic E-state index is 13.5. The van der Waals surface area contributed by atoms with E-state index in [2.05, 4.69) is 15.5 Å². The van der Waals surface area contributed by atoms with Crippen molar-refractivity contribution >= 4 is 21.6 Å².